The van der Waals surface area contributed by atoms with E-state index in [1.165, 1.54) is 25.1 Å². The lowest BCUT2D eigenvalue weighted by Crippen LogP contribution is -2.35. The number of carboxylic acids is 1. The molecule has 1 aliphatic heterocycles. The fourth-order valence-corrected chi connectivity index (χ4v) is 1.70. The van der Waals surface area contributed by atoms with Gasteiger partial charge in [-0.05, 0) is 19.1 Å². The quantitative estimate of drug-likeness (QED) is 0.912. The molecule has 0 bridgehead atoms. The van der Waals surface area contributed by atoms with Gasteiger partial charge in [0.1, 0.15) is 5.75 Å². The Kier molecular flexibility index (Phi) is 3.37. The van der Waals surface area contributed by atoms with E-state index in [0.717, 1.165) is 0 Å². The normalized spacial score (nSPS) is 22.0. The molecule has 0 aliphatic carbocycles. The molecule has 1 heterocycles. The van der Waals surface area contributed by atoms with Crippen LogP contribution in [-0.2, 0) is 9.63 Å². The predicted octanol–water partition coefficient (Wildman–Crippen LogP) is 2.26. The van der Waals surface area contributed by atoms with Gasteiger partial charge in [-0.3, -0.25) is 0 Å². The molecule has 7 heteroatoms. The minimum absolute atomic E-state index is 0.0219. The number of hydrogen-bond acceptors (Lipinski definition) is 4. The average Bonchev–Trinajstić information content (AvgIpc) is 2.73. The first-order chi connectivity index (χ1) is 8.92. The summed E-state index contributed by atoms with van der Waals surface area (Å²) in [5, 5.41) is 12.7. The Labute approximate surface area is 107 Å². The van der Waals surface area contributed by atoms with E-state index in [4.69, 9.17) is 9.94 Å². The van der Waals surface area contributed by atoms with Crippen molar-refractivity contribution >= 4 is 11.7 Å². The molecule has 2 rings (SSSR count). The predicted molar refractivity (Wildman–Crippen MR) is 61.4 cm³/mol. The molecule has 1 unspecified atom stereocenters. The smallest absolute Gasteiger partial charge is 0.387 e. The van der Waals surface area contributed by atoms with Gasteiger partial charge in [-0.2, -0.15) is 8.78 Å². The van der Waals surface area contributed by atoms with Gasteiger partial charge in [0.25, 0.3) is 0 Å². The number of rotatable bonds is 4. The van der Waals surface area contributed by atoms with Gasteiger partial charge in [0.15, 0.2) is 0 Å². The van der Waals surface area contributed by atoms with Crippen molar-refractivity contribution in [1.82, 2.24) is 0 Å². The molecule has 0 radical (unpaired) electrons. The topological polar surface area (TPSA) is 68.1 Å². The molecular weight excluding hydrogens is 260 g/mol. The zero-order valence-corrected chi connectivity index (χ0v) is 9.97. The number of alkyl halides is 2. The van der Waals surface area contributed by atoms with E-state index in [1.807, 2.05) is 0 Å². The molecule has 1 aromatic rings. The van der Waals surface area contributed by atoms with E-state index in [0.29, 0.717) is 5.56 Å². The highest BCUT2D eigenvalue weighted by atomic mass is 19.3. The van der Waals surface area contributed by atoms with Gasteiger partial charge in [0, 0.05) is 12.0 Å². The standard InChI is InChI=1S/C12H11F2NO4/c1-12(10(16)17)6-8(15-19-12)7-4-2-3-5-9(7)18-11(13)14/h2-5,11H,6H2,1H3,(H,16,17). The largest absolute Gasteiger partial charge is 0.478 e. The number of halogens is 2. The minimum Gasteiger partial charge on any atom is -0.478 e. The number of oxime groups is 1. The summed E-state index contributed by atoms with van der Waals surface area (Å²) >= 11 is 0. The Morgan fingerprint density at radius 1 is 1.53 bits per heavy atom. The molecule has 0 saturated heterocycles. The lowest BCUT2D eigenvalue weighted by atomic mass is 9.96. The Balaban J connectivity index is 2.27. The highest BCUT2D eigenvalue weighted by Gasteiger charge is 2.42. The third kappa shape index (κ3) is 2.64. The maximum absolute atomic E-state index is 12.3. The lowest BCUT2D eigenvalue weighted by Gasteiger charge is -2.15. The average molecular weight is 271 g/mol. The van der Waals surface area contributed by atoms with Crippen molar-refractivity contribution in [3.05, 3.63) is 29.8 Å². The zero-order chi connectivity index (χ0) is 14.0. The highest BCUT2D eigenvalue weighted by Crippen LogP contribution is 2.31. The first kappa shape index (κ1) is 13.3. The number of hydrogen-bond donors (Lipinski definition) is 1. The molecule has 19 heavy (non-hydrogen) atoms. The second-order valence-electron chi connectivity index (χ2n) is 4.22. The van der Waals surface area contributed by atoms with Gasteiger partial charge in [-0.1, -0.05) is 17.3 Å². The van der Waals surface area contributed by atoms with Gasteiger partial charge < -0.3 is 14.7 Å². The highest BCUT2D eigenvalue weighted by molar-refractivity contribution is 6.06. The molecule has 0 amide bonds. The minimum atomic E-state index is -2.96. The monoisotopic (exact) mass is 271 g/mol. The van der Waals surface area contributed by atoms with Crippen LogP contribution in [0.1, 0.15) is 18.9 Å². The summed E-state index contributed by atoms with van der Waals surface area (Å²) < 4.78 is 28.9. The fourth-order valence-electron chi connectivity index (χ4n) is 1.70. The summed E-state index contributed by atoms with van der Waals surface area (Å²) in [4.78, 5) is 15.9. The van der Waals surface area contributed by atoms with Crippen molar-refractivity contribution in [2.75, 3.05) is 0 Å². The molecule has 0 aromatic heterocycles. The van der Waals surface area contributed by atoms with Crippen LogP contribution in [0.4, 0.5) is 8.78 Å². The van der Waals surface area contributed by atoms with E-state index >= 15 is 0 Å². The maximum atomic E-state index is 12.3. The van der Waals surface area contributed by atoms with Crippen LogP contribution in [0.25, 0.3) is 0 Å². The Hall–Kier alpha value is -2.18. The number of nitrogens with zero attached hydrogens (tertiary/aromatic N) is 1. The number of carboxylic acid groups (broad SMARTS) is 1. The number of aliphatic carboxylic acids is 1. The van der Waals surface area contributed by atoms with Crippen LogP contribution >= 0.6 is 0 Å². The van der Waals surface area contributed by atoms with Crippen LogP contribution in [0.15, 0.2) is 29.4 Å². The summed E-state index contributed by atoms with van der Waals surface area (Å²) in [5.41, 5.74) is -0.915. The van der Waals surface area contributed by atoms with Crippen LogP contribution in [0.2, 0.25) is 0 Å². The molecule has 5 nitrogen and oxygen atoms in total. The molecule has 1 atom stereocenters. The summed E-state index contributed by atoms with van der Waals surface area (Å²) in [5.74, 6) is -1.23. The second kappa shape index (κ2) is 4.83. The van der Waals surface area contributed by atoms with Crippen LogP contribution in [0, 0.1) is 0 Å². The molecule has 0 saturated carbocycles. The third-order valence-electron chi connectivity index (χ3n) is 2.73. The Morgan fingerprint density at radius 3 is 2.79 bits per heavy atom. The molecule has 1 aliphatic rings. The van der Waals surface area contributed by atoms with Gasteiger partial charge >= 0.3 is 12.6 Å². The molecular formula is C12H11F2NO4. The number of carbonyl (C=O) groups is 1. The maximum Gasteiger partial charge on any atom is 0.387 e. The van der Waals surface area contributed by atoms with Crippen LogP contribution in [0.3, 0.4) is 0 Å². The first-order valence-electron chi connectivity index (χ1n) is 5.45. The molecule has 0 spiro atoms. The van der Waals surface area contributed by atoms with Gasteiger partial charge in [-0.25, -0.2) is 4.79 Å². The SMILES string of the molecule is CC1(C(=O)O)CC(c2ccccc2OC(F)F)=NO1. The van der Waals surface area contributed by atoms with Gasteiger partial charge in [0.05, 0.1) is 5.71 Å². The molecule has 1 N–H and O–H groups in total. The van der Waals surface area contributed by atoms with Crippen molar-refractivity contribution in [2.45, 2.75) is 25.6 Å². The van der Waals surface area contributed by atoms with Crippen molar-refractivity contribution in [1.29, 1.82) is 0 Å². The van der Waals surface area contributed by atoms with Crippen molar-refractivity contribution in [3.63, 3.8) is 0 Å². The van der Waals surface area contributed by atoms with Crippen LogP contribution in [0.5, 0.6) is 5.75 Å². The molecule has 0 fully saturated rings. The number of para-hydroxylation sites is 1. The molecule has 1 aromatic carbocycles. The number of ether oxygens (including phenoxy) is 1. The van der Waals surface area contributed by atoms with Crippen molar-refractivity contribution < 1.29 is 28.3 Å². The molecule has 102 valence electrons. The van der Waals surface area contributed by atoms with Gasteiger partial charge in [0.2, 0.25) is 5.60 Å². The Morgan fingerprint density at radius 2 is 2.21 bits per heavy atom. The van der Waals surface area contributed by atoms with E-state index in [-0.39, 0.29) is 17.9 Å². The first-order valence-corrected chi connectivity index (χ1v) is 5.45. The van der Waals surface area contributed by atoms with E-state index in [1.54, 1.807) is 6.07 Å². The summed E-state index contributed by atoms with van der Waals surface area (Å²) in [6, 6.07) is 6.04. The van der Waals surface area contributed by atoms with E-state index < -0.39 is 18.2 Å². The summed E-state index contributed by atoms with van der Waals surface area (Å²) in [6.07, 6.45) is -0.0219. The number of benzene rings is 1. The van der Waals surface area contributed by atoms with Crippen LogP contribution < -0.4 is 4.74 Å². The van der Waals surface area contributed by atoms with Crippen molar-refractivity contribution in [2.24, 2.45) is 5.16 Å². The fraction of sp³-hybridized carbons (Fsp3) is 0.333. The summed E-state index contributed by atoms with van der Waals surface area (Å²) in [7, 11) is 0. The summed E-state index contributed by atoms with van der Waals surface area (Å²) in [6.45, 7) is -1.60. The second-order valence-corrected chi connectivity index (χ2v) is 4.22. The lowest BCUT2D eigenvalue weighted by molar-refractivity contribution is -0.160. The van der Waals surface area contributed by atoms with Crippen molar-refractivity contribution in [3.8, 4) is 5.75 Å². The zero-order valence-electron chi connectivity index (χ0n) is 9.97. The van der Waals surface area contributed by atoms with Gasteiger partial charge in [-0.15, -0.1) is 0 Å². The van der Waals surface area contributed by atoms with E-state index in [9.17, 15) is 13.6 Å². The third-order valence-corrected chi connectivity index (χ3v) is 2.73. The Bertz CT molecular complexity index is 532. The van der Waals surface area contributed by atoms with E-state index in [2.05, 4.69) is 9.89 Å². The van der Waals surface area contributed by atoms with Crippen LogP contribution in [-0.4, -0.2) is 29.0 Å².